The summed E-state index contributed by atoms with van der Waals surface area (Å²) in [5, 5.41) is 13.8. The Balaban J connectivity index is 1.57. The lowest BCUT2D eigenvalue weighted by Crippen LogP contribution is -2.56. The molecule has 0 spiro atoms. The van der Waals surface area contributed by atoms with E-state index < -0.39 is 0 Å². The summed E-state index contributed by atoms with van der Waals surface area (Å²) in [7, 11) is 0. The molecule has 7 atom stereocenters. The van der Waals surface area contributed by atoms with Gasteiger partial charge in [0.15, 0.2) is 0 Å². The van der Waals surface area contributed by atoms with Crippen molar-refractivity contribution in [3.63, 3.8) is 0 Å². The van der Waals surface area contributed by atoms with E-state index in [1.165, 1.54) is 38.5 Å². The van der Waals surface area contributed by atoms with Gasteiger partial charge in [-0.2, -0.15) is 0 Å². The van der Waals surface area contributed by atoms with Crippen molar-refractivity contribution in [2.45, 2.75) is 84.5 Å². The smallest absolute Gasteiger partial charge is 0.139 e. The number of rotatable bonds is 4. The third-order valence-electron chi connectivity index (χ3n) is 9.49. The Hall–Kier alpha value is -0.900. The van der Waals surface area contributed by atoms with E-state index in [0.717, 1.165) is 50.3 Å². The second-order valence-electron chi connectivity index (χ2n) is 10.6. The molecular formula is C23H38N2O2. The van der Waals surface area contributed by atoms with Gasteiger partial charge in [-0.3, -0.25) is 4.79 Å². The number of carbonyl (C=O) groups is 1. The predicted molar refractivity (Wildman–Crippen MR) is 108 cm³/mol. The monoisotopic (exact) mass is 374 g/mol. The number of hydrogen-bond acceptors (Lipinski definition) is 4. The fraction of sp³-hybridized carbons (Fsp3) is 0.913. The highest BCUT2D eigenvalue weighted by molar-refractivity contribution is 5.90. The van der Waals surface area contributed by atoms with Crippen molar-refractivity contribution in [1.29, 1.82) is 0 Å². The van der Waals surface area contributed by atoms with E-state index in [1.54, 1.807) is 0 Å². The second kappa shape index (κ2) is 7.17. The van der Waals surface area contributed by atoms with Gasteiger partial charge in [-0.25, -0.2) is 0 Å². The van der Waals surface area contributed by atoms with E-state index in [9.17, 15) is 10.0 Å². The second-order valence-corrected chi connectivity index (χ2v) is 10.6. The molecular weight excluding hydrogens is 336 g/mol. The molecule has 0 aromatic heterocycles. The van der Waals surface area contributed by atoms with Crippen LogP contribution in [0.2, 0.25) is 0 Å². The molecule has 0 heterocycles. The molecule has 0 aromatic carbocycles. The van der Waals surface area contributed by atoms with Crippen LogP contribution in [0.5, 0.6) is 0 Å². The Kier molecular flexibility index (Phi) is 5.15. The Morgan fingerprint density at radius 3 is 2.70 bits per heavy atom. The fourth-order valence-corrected chi connectivity index (χ4v) is 7.87. The van der Waals surface area contributed by atoms with E-state index in [-0.39, 0.29) is 10.8 Å². The highest BCUT2D eigenvalue weighted by Gasteiger charge is 2.61. The summed E-state index contributed by atoms with van der Waals surface area (Å²) >= 11 is 0. The van der Waals surface area contributed by atoms with Crippen LogP contribution in [0, 0.1) is 40.4 Å². The quantitative estimate of drug-likeness (QED) is 0.422. The van der Waals surface area contributed by atoms with Crippen LogP contribution in [0.25, 0.3) is 0 Å². The maximum absolute atomic E-state index is 12.6. The number of ketones is 1. The molecule has 0 aliphatic heterocycles. The van der Waals surface area contributed by atoms with E-state index in [1.807, 2.05) is 0 Å². The summed E-state index contributed by atoms with van der Waals surface area (Å²) in [4.78, 5) is 12.6. The number of nitrogens with two attached hydrogens (primary N) is 1. The highest BCUT2D eigenvalue weighted by atomic mass is 16.4. The van der Waals surface area contributed by atoms with Crippen molar-refractivity contribution >= 4 is 11.5 Å². The molecule has 1 unspecified atom stereocenters. The lowest BCUT2D eigenvalue weighted by Gasteiger charge is -2.60. The van der Waals surface area contributed by atoms with Crippen LogP contribution in [0.4, 0.5) is 0 Å². The Morgan fingerprint density at radius 1 is 1.15 bits per heavy atom. The van der Waals surface area contributed by atoms with Crippen LogP contribution < -0.4 is 5.73 Å². The number of oxime groups is 1. The Labute approximate surface area is 164 Å². The average molecular weight is 375 g/mol. The van der Waals surface area contributed by atoms with Crippen molar-refractivity contribution in [3.8, 4) is 0 Å². The molecule has 4 rings (SSSR count). The van der Waals surface area contributed by atoms with Crippen LogP contribution in [-0.4, -0.2) is 23.2 Å². The lowest BCUT2D eigenvalue weighted by molar-refractivity contribution is -0.134. The van der Waals surface area contributed by atoms with E-state index >= 15 is 0 Å². The molecule has 4 fully saturated rings. The van der Waals surface area contributed by atoms with Crippen molar-refractivity contribution in [1.82, 2.24) is 0 Å². The van der Waals surface area contributed by atoms with E-state index in [2.05, 4.69) is 19.0 Å². The standard InChI is InChI=1S/C23H38N2O2/c1-22-10-8-15(5-3-4-12-24)13-19(22)20(25-27)14-16-17-6-7-21(26)23(17,2)11-9-18(16)22/h15-19,27H,3-14,24H2,1-2H3/b25-20+/t15-,16-,17-,18-,19?,22+,23-/m0/s1. The molecule has 0 amide bonds. The van der Waals surface area contributed by atoms with Crippen molar-refractivity contribution < 1.29 is 10.0 Å². The minimum atomic E-state index is -0.107. The van der Waals surface area contributed by atoms with Gasteiger partial charge in [0, 0.05) is 17.8 Å². The third kappa shape index (κ3) is 2.97. The van der Waals surface area contributed by atoms with Gasteiger partial charge in [0.1, 0.15) is 5.78 Å². The largest absolute Gasteiger partial charge is 0.411 e. The van der Waals surface area contributed by atoms with Gasteiger partial charge in [0.05, 0.1) is 5.71 Å². The molecule has 4 heteroatoms. The SMILES string of the molecule is C[C@]12CC[C@H](CCCCN)CC1/C(=N/O)C[C@@H]1[C@@H]2CC[C@]2(C)C(=O)CC[C@@H]12. The Morgan fingerprint density at radius 2 is 1.96 bits per heavy atom. The number of unbranched alkanes of at least 4 members (excludes halogenated alkanes) is 1. The van der Waals surface area contributed by atoms with Crippen molar-refractivity contribution in [2.24, 2.45) is 51.3 Å². The van der Waals surface area contributed by atoms with Gasteiger partial charge in [-0.15, -0.1) is 0 Å². The fourth-order valence-electron chi connectivity index (χ4n) is 7.87. The topological polar surface area (TPSA) is 75.7 Å². The molecule has 0 saturated heterocycles. The number of fused-ring (bicyclic) bond motifs is 5. The first kappa shape index (κ1) is 19.4. The molecule has 0 aromatic rings. The molecule has 4 saturated carbocycles. The minimum absolute atomic E-state index is 0.107. The Bertz CT molecular complexity index is 617. The van der Waals surface area contributed by atoms with Crippen molar-refractivity contribution in [3.05, 3.63) is 0 Å². The molecule has 4 nitrogen and oxygen atoms in total. The molecule has 4 aliphatic carbocycles. The zero-order chi connectivity index (χ0) is 19.2. The first-order chi connectivity index (χ1) is 12.9. The van der Waals surface area contributed by atoms with Crippen LogP contribution >= 0.6 is 0 Å². The summed E-state index contributed by atoms with van der Waals surface area (Å²) in [6.45, 7) is 5.50. The number of hydrogen-bond donors (Lipinski definition) is 2. The van der Waals surface area contributed by atoms with Gasteiger partial charge in [0.25, 0.3) is 0 Å². The van der Waals surface area contributed by atoms with Crippen LogP contribution in [0.3, 0.4) is 0 Å². The summed E-state index contributed by atoms with van der Waals surface area (Å²) in [6.07, 6.45) is 12.4. The predicted octanol–water partition coefficient (Wildman–Crippen LogP) is 4.78. The van der Waals surface area contributed by atoms with Crippen LogP contribution in [0.1, 0.15) is 84.5 Å². The van der Waals surface area contributed by atoms with Crippen LogP contribution in [0.15, 0.2) is 5.16 Å². The zero-order valence-electron chi connectivity index (χ0n) is 17.3. The average Bonchev–Trinajstić information content (AvgIpc) is 2.96. The van der Waals surface area contributed by atoms with Gasteiger partial charge in [-0.1, -0.05) is 31.8 Å². The van der Waals surface area contributed by atoms with E-state index in [4.69, 9.17) is 5.73 Å². The summed E-state index contributed by atoms with van der Waals surface area (Å²) in [5.74, 6) is 3.41. The number of carbonyl (C=O) groups excluding carboxylic acids is 1. The summed E-state index contributed by atoms with van der Waals surface area (Å²) < 4.78 is 0. The summed E-state index contributed by atoms with van der Waals surface area (Å²) in [5.41, 5.74) is 6.87. The number of Topliss-reactive ketones (excluding diaryl/α,β-unsaturated/α-hetero) is 1. The maximum atomic E-state index is 12.6. The normalized spacial score (nSPS) is 48.2. The highest BCUT2D eigenvalue weighted by Crippen LogP contribution is 2.65. The van der Waals surface area contributed by atoms with Crippen molar-refractivity contribution in [2.75, 3.05) is 6.54 Å². The summed E-state index contributed by atoms with van der Waals surface area (Å²) in [6, 6.07) is 0. The molecule has 0 bridgehead atoms. The van der Waals surface area contributed by atoms with Gasteiger partial charge >= 0.3 is 0 Å². The third-order valence-corrected chi connectivity index (χ3v) is 9.49. The van der Waals surface area contributed by atoms with Gasteiger partial charge in [0.2, 0.25) is 0 Å². The van der Waals surface area contributed by atoms with E-state index in [0.29, 0.717) is 29.5 Å². The van der Waals surface area contributed by atoms with Gasteiger partial charge in [-0.05, 0) is 87.0 Å². The molecule has 152 valence electrons. The molecule has 27 heavy (non-hydrogen) atoms. The first-order valence-corrected chi connectivity index (χ1v) is 11.4. The van der Waals surface area contributed by atoms with Gasteiger partial charge < -0.3 is 10.9 Å². The molecule has 3 N–H and O–H groups in total. The zero-order valence-corrected chi connectivity index (χ0v) is 17.3. The maximum Gasteiger partial charge on any atom is 0.139 e. The molecule has 4 aliphatic rings. The first-order valence-electron chi connectivity index (χ1n) is 11.4. The minimum Gasteiger partial charge on any atom is -0.411 e. The lowest BCUT2D eigenvalue weighted by atomic mass is 9.44. The molecule has 0 radical (unpaired) electrons. The van der Waals surface area contributed by atoms with Crippen LogP contribution in [-0.2, 0) is 4.79 Å². The number of nitrogens with zero attached hydrogens (tertiary/aromatic N) is 1.